The van der Waals surface area contributed by atoms with Crippen molar-refractivity contribution >= 4 is 22.8 Å². The van der Waals surface area contributed by atoms with Gasteiger partial charge in [-0.1, -0.05) is 103 Å². The van der Waals surface area contributed by atoms with Crippen molar-refractivity contribution in [2.45, 2.75) is 5.41 Å². The highest BCUT2D eigenvalue weighted by atomic mass is 35.5. The molecule has 1 aliphatic carbocycles. The molecule has 0 fully saturated rings. The lowest BCUT2D eigenvalue weighted by molar-refractivity contribution is 0.736. The first-order valence-corrected chi connectivity index (χ1v) is 12.3. The Morgan fingerprint density at radius 2 is 1.33 bits per heavy atom. The topological polar surface area (TPSA) is 38.7 Å². The lowest BCUT2D eigenvalue weighted by atomic mass is 9.69. The van der Waals surface area contributed by atoms with Crippen LogP contribution in [0, 0.1) is 0 Å². The molecule has 0 spiro atoms. The van der Waals surface area contributed by atoms with Gasteiger partial charge in [0.1, 0.15) is 5.52 Å². The summed E-state index contributed by atoms with van der Waals surface area (Å²) in [4.78, 5) is 15.0. The molecule has 6 aromatic rings. The van der Waals surface area contributed by atoms with Gasteiger partial charge in [-0.2, -0.15) is 0 Å². The van der Waals surface area contributed by atoms with E-state index in [4.69, 9.17) is 21.6 Å². The number of benzene rings is 4. The van der Waals surface area contributed by atoms with Crippen LogP contribution >= 0.6 is 11.6 Å². The Kier molecular flexibility index (Phi) is 4.73. The van der Waals surface area contributed by atoms with E-state index in [0.717, 1.165) is 44.7 Å². The van der Waals surface area contributed by atoms with Crippen molar-refractivity contribution in [1.29, 1.82) is 0 Å². The van der Waals surface area contributed by atoms with E-state index in [0.29, 0.717) is 10.7 Å². The summed E-state index contributed by atoms with van der Waals surface area (Å²) in [7, 11) is 0. The van der Waals surface area contributed by atoms with E-state index >= 15 is 0 Å². The zero-order valence-electron chi connectivity index (χ0n) is 19.3. The third-order valence-electron chi connectivity index (χ3n) is 7.06. The second-order valence-corrected chi connectivity index (χ2v) is 9.42. The Morgan fingerprint density at radius 3 is 2.17 bits per heavy atom. The Bertz CT molecular complexity index is 1750. The molecule has 0 saturated heterocycles. The van der Waals surface area contributed by atoms with Gasteiger partial charge in [0.15, 0.2) is 5.65 Å². The van der Waals surface area contributed by atoms with Crippen LogP contribution in [0.4, 0.5) is 0 Å². The van der Waals surface area contributed by atoms with Gasteiger partial charge < -0.3 is 0 Å². The molecule has 36 heavy (non-hydrogen) atoms. The molecule has 4 heteroatoms. The molecule has 2 aromatic heterocycles. The molecule has 0 amide bonds. The molecule has 1 aliphatic rings. The number of hydrogen-bond acceptors (Lipinski definition) is 3. The quantitative estimate of drug-likeness (QED) is 0.259. The SMILES string of the molecule is Clc1ccc2c(c1)-c1ccccc1C2(c1ccccc1)c1nc2cccnc2nc1-c1ccccc1. The van der Waals surface area contributed by atoms with Crippen LogP contribution in [0.3, 0.4) is 0 Å². The van der Waals surface area contributed by atoms with Gasteiger partial charge in [-0.25, -0.2) is 15.0 Å². The Balaban J connectivity index is 1.71. The Hall–Kier alpha value is -4.34. The van der Waals surface area contributed by atoms with Crippen LogP contribution in [0.5, 0.6) is 0 Å². The van der Waals surface area contributed by atoms with E-state index in [1.54, 1.807) is 6.20 Å². The summed E-state index contributed by atoms with van der Waals surface area (Å²) in [6.45, 7) is 0. The first-order chi connectivity index (χ1) is 17.8. The minimum absolute atomic E-state index is 0.630. The number of halogens is 1. The van der Waals surface area contributed by atoms with E-state index in [1.807, 2.05) is 36.4 Å². The maximum absolute atomic E-state index is 6.54. The summed E-state index contributed by atoms with van der Waals surface area (Å²) in [5, 5.41) is 0.712. The Morgan fingerprint density at radius 1 is 0.611 bits per heavy atom. The van der Waals surface area contributed by atoms with Crippen LogP contribution in [0.1, 0.15) is 22.4 Å². The molecule has 170 valence electrons. The normalized spacial score (nSPS) is 16.0. The van der Waals surface area contributed by atoms with Gasteiger partial charge in [0.25, 0.3) is 0 Å². The maximum atomic E-state index is 6.54. The number of fused-ring (bicyclic) bond motifs is 4. The van der Waals surface area contributed by atoms with Crippen LogP contribution in [0.25, 0.3) is 33.5 Å². The summed E-state index contributed by atoms with van der Waals surface area (Å²) >= 11 is 6.54. The average Bonchev–Trinajstić information content (AvgIpc) is 3.23. The summed E-state index contributed by atoms with van der Waals surface area (Å²) in [5.74, 6) is 0. The second kappa shape index (κ2) is 8.11. The molecule has 0 saturated carbocycles. The number of rotatable bonds is 3. The lowest BCUT2D eigenvalue weighted by Gasteiger charge is -2.34. The van der Waals surface area contributed by atoms with Crippen molar-refractivity contribution < 1.29 is 0 Å². The summed E-state index contributed by atoms with van der Waals surface area (Å²) < 4.78 is 0. The van der Waals surface area contributed by atoms with E-state index in [9.17, 15) is 0 Å². The first kappa shape index (κ1) is 21.0. The van der Waals surface area contributed by atoms with Crippen molar-refractivity contribution in [2.75, 3.05) is 0 Å². The molecule has 4 aromatic carbocycles. The highest BCUT2D eigenvalue weighted by molar-refractivity contribution is 6.31. The molecule has 1 atom stereocenters. The van der Waals surface area contributed by atoms with E-state index in [2.05, 4.69) is 83.8 Å². The molecule has 0 bridgehead atoms. The fraction of sp³-hybridized carbons (Fsp3) is 0.0312. The van der Waals surface area contributed by atoms with Gasteiger partial charge in [-0.15, -0.1) is 0 Å². The fourth-order valence-electron chi connectivity index (χ4n) is 5.60. The number of pyridine rings is 1. The van der Waals surface area contributed by atoms with Crippen LogP contribution in [-0.2, 0) is 5.41 Å². The van der Waals surface area contributed by atoms with Crippen LogP contribution in [-0.4, -0.2) is 15.0 Å². The highest BCUT2D eigenvalue weighted by Gasteiger charge is 2.49. The first-order valence-electron chi connectivity index (χ1n) is 11.9. The van der Waals surface area contributed by atoms with Gasteiger partial charge in [-0.3, -0.25) is 0 Å². The van der Waals surface area contributed by atoms with E-state index < -0.39 is 5.41 Å². The largest absolute Gasteiger partial charge is 0.246 e. The molecular weight excluding hydrogens is 462 g/mol. The molecular formula is C32H20ClN3. The van der Waals surface area contributed by atoms with Crippen molar-refractivity contribution in [3.05, 3.63) is 149 Å². The van der Waals surface area contributed by atoms with Crippen LogP contribution in [0.15, 0.2) is 121 Å². The predicted octanol–water partition coefficient (Wildman–Crippen LogP) is 7.71. The number of aromatic nitrogens is 3. The van der Waals surface area contributed by atoms with Crippen molar-refractivity contribution in [3.8, 4) is 22.4 Å². The molecule has 0 aliphatic heterocycles. The van der Waals surface area contributed by atoms with Crippen molar-refractivity contribution in [1.82, 2.24) is 15.0 Å². The number of hydrogen-bond donors (Lipinski definition) is 0. The molecule has 2 heterocycles. The zero-order chi connectivity index (χ0) is 24.1. The minimum Gasteiger partial charge on any atom is -0.246 e. The fourth-order valence-corrected chi connectivity index (χ4v) is 5.77. The molecule has 7 rings (SSSR count). The van der Waals surface area contributed by atoms with E-state index in [-0.39, 0.29) is 0 Å². The van der Waals surface area contributed by atoms with Gasteiger partial charge in [-0.05, 0) is 52.1 Å². The second-order valence-electron chi connectivity index (χ2n) is 8.98. The minimum atomic E-state index is -0.681. The molecule has 3 nitrogen and oxygen atoms in total. The molecule has 0 N–H and O–H groups in total. The highest BCUT2D eigenvalue weighted by Crippen LogP contribution is 2.57. The van der Waals surface area contributed by atoms with Crippen LogP contribution < -0.4 is 0 Å². The Labute approximate surface area is 214 Å². The maximum Gasteiger partial charge on any atom is 0.178 e. The summed E-state index contributed by atoms with van der Waals surface area (Å²) in [5.41, 5.74) is 9.15. The molecule has 0 radical (unpaired) electrons. The summed E-state index contributed by atoms with van der Waals surface area (Å²) in [6, 6.07) is 39.5. The van der Waals surface area contributed by atoms with E-state index in [1.165, 1.54) is 5.56 Å². The average molecular weight is 482 g/mol. The van der Waals surface area contributed by atoms with Crippen molar-refractivity contribution in [2.24, 2.45) is 0 Å². The van der Waals surface area contributed by atoms with Gasteiger partial charge in [0.2, 0.25) is 0 Å². The van der Waals surface area contributed by atoms with Crippen LogP contribution in [0.2, 0.25) is 5.02 Å². The van der Waals surface area contributed by atoms with Crippen molar-refractivity contribution in [3.63, 3.8) is 0 Å². The van der Waals surface area contributed by atoms with Gasteiger partial charge in [0, 0.05) is 16.8 Å². The summed E-state index contributed by atoms with van der Waals surface area (Å²) in [6.07, 6.45) is 1.76. The predicted molar refractivity (Wildman–Crippen MR) is 145 cm³/mol. The molecule has 1 unspecified atom stereocenters. The smallest absolute Gasteiger partial charge is 0.178 e. The third kappa shape index (κ3) is 2.96. The van der Waals surface area contributed by atoms with Gasteiger partial charge >= 0.3 is 0 Å². The number of nitrogens with zero attached hydrogens (tertiary/aromatic N) is 3. The third-order valence-corrected chi connectivity index (χ3v) is 7.29. The standard InChI is InChI=1S/C32H20ClN3/c33-23-17-18-27-25(20-23)24-14-7-8-15-26(24)32(27,22-12-5-2-6-13-22)30-29(21-10-3-1-4-11-21)36-31-28(35-30)16-9-19-34-31/h1-20H. The lowest BCUT2D eigenvalue weighted by Crippen LogP contribution is -2.31. The monoisotopic (exact) mass is 481 g/mol. The zero-order valence-corrected chi connectivity index (χ0v) is 20.0. The van der Waals surface area contributed by atoms with Gasteiger partial charge in [0.05, 0.1) is 16.8 Å².